The zero-order chi connectivity index (χ0) is 12.3. The van der Waals surface area contributed by atoms with Gasteiger partial charge in [-0.25, -0.2) is 0 Å². The van der Waals surface area contributed by atoms with E-state index in [-0.39, 0.29) is 5.97 Å². The van der Waals surface area contributed by atoms with Crippen LogP contribution in [-0.4, -0.2) is 38.3 Å². The molecule has 0 spiro atoms. The van der Waals surface area contributed by atoms with Crippen LogP contribution in [0.15, 0.2) is 0 Å². The summed E-state index contributed by atoms with van der Waals surface area (Å²) < 4.78 is 4.81. The van der Waals surface area contributed by atoms with Crippen LogP contribution in [-0.2, 0) is 9.53 Å². The largest absolute Gasteiger partial charge is 0.466 e. The summed E-state index contributed by atoms with van der Waals surface area (Å²) in [6, 6.07) is 0. The van der Waals surface area contributed by atoms with Crippen molar-refractivity contribution in [1.82, 2.24) is 5.32 Å². The molecule has 5 heteroatoms. The lowest BCUT2D eigenvalue weighted by molar-refractivity contribution is -0.141. The SMILES string of the molecule is CC(=O)OCCCNC[Si](C)(C)C.CI. The molecule has 0 radical (unpaired) electrons. The number of carbonyl (C=O) groups excluding carboxylic acids is 1. The van der Waals surface area contributed by atoms with Gasteiger partial charge in [0.25, 0.3) is 0 Å². The third-order valence-electron chi connectivity index (χ3n) is 1.46. The molecule has 0 aliphatic carbocycles. The van der Waals surface area contributed by atoms with Gasteiger partial charge in [-0.05, 0) is 24.1 Å². The highest BCUT2D eigenvalue weighted by molar-refractivity contribution is 14.1. The number of esters is 1. The van der Waals surface area contributed by atoms with E-state index in [1.807, 2.05) is 4.93 Å². The van der Waals surface area contributed by atoms with E-state index in [4.69, 9.17) is 4.74 Å². The minimum absolute atomic E-state index is 0.190. The number of nitrogens with one attached hydrogen (secondary N) is 1. The number of rotatable bonds is 6. The molecule has 15 heavy (non-hydrogen) atoms. The van der Waals surface area contributed by atoms with Crippen LogP contribution in [0.5, 0.6) is 0 Å². The lowest BCUT2D eigenvalue weighted by Gasteiger charge is -2.16. The van der Waals surface area contributed by atoms with Crippen molar-refractivity contribution in [1.29, 1.82) is 0 Å². The monoisotopic (exact) mass is 345 g/mol. The van der Waals surface area contributed by atoms with Crippen molar-refractivity contribution in [2.45, 2.75) is 33.0 Å². The van der Waals surface area contributed by atoms with E-state index in [1.54, 1.807) is 0 Å². The molecule has 0 atom stereocenters. The summed E-state index contributed by atoms with van der Waals surface area (Å²) in [6.45, 7) is 9.89. The van der Waals surface area contributed by atoms with Gasteiger partial charge in [-0.1, -0.05) is 42.2 Å². The molecule has 0 bridgehead atoms. The lowest BCUT2D eigenvalue weighted by atomic mass is 10.4. The highest BCUT2D eigenvalue weighted by Crippen LogP contribution is 1.96. The second-order valence-corrected chi connectivity index (χ2v) is 9.91. The van der Waals surface area contributed by atoms with Gasteiger partial charge in [0.15, 0.2) is 0 Å². The van der Waals surface area contributed by atoms with Crippen LogP contribution in [0, 0.1) is 0 Å². The molecule has 0 aromatic heterocycles. The topological polar surface area (TPSA) is 38.3 Å². The number of hydrogen-bond donors (Lipinski definition) is 1. The van der Waals surface area contributed by atoms with E-state index in [9.17, 15) is 4.79 Å². The van der Waals surface area contributed by atoms with Gasteiger partial charge in [0, 0.05) is 6.92 Å². The summed E-state index contributed by atoms with van der Waals surface area (Å²) in [5.41, 5.74) is 0. The van der Waals surface area contributed by atoms with E-state index in [0.717, 1.165) is 19.1 Å². The van der Waals surface area contributed by atoms with Crippen LogP contribution in [0.2, 0.25) is 19.6 Å². The Labute approximate surface area is 108 Å². The predicted molar refractivity (Wildman–Crippen MR) is 77.4 cm³/mol. The Balaban J connectivity index is 0. The molecule has 0 aromatic rings. The lowest BCUT2D eigenvalue weighted by Crippen LogP contribution is -2.37. The van der Waals surface area contributed by atoms with Gasteiger partial charge in [0.05, 0.1) is 14.7 Å². The highest BCUT2D eigenvalue weighted by Gasteiger charge is 2.10. The summed E-state index contributed by atoms with van der Waals surface area (Å²) >= 11 is 2.15. The third-order valence-corrected chi connectivity index (χ3v) is 2.77. The molecular weight excluding hydrogens is 321 g/mol. The van der Waals surface area contributed by atoms with Gasteiger partial charge in [-0.15, -0.1) is 0 Å². The van der Waals surface area contributed by atoms with E-state index in [2.05, 4.69) is 47.5 Å². The Bertz CT molecular complexity index is 160. The van der Waals surface area contributed by atoms with Crippen molar-refractivity contribution < 1.29 is 9.53 Å². The zero-order valence-corrected chi connectivity index (χ0v) is 13.7. The molecule has 92 valence electrons. The first-order valence-electron chi connectivity index (χ1n) is 5.14. The fourth-order valence-electron chi connectivity index (χ4n) is 0.876. The highest BCUT2D eigenvalue weighted by atomic mass is 127. The first kappa shape index (κ1) is 17.8. The second-order valence-electron chi connectivity index (χ2n) is 4.43. The summed E-state index contributed by atoms with van der Waals surface area (Å²) in [5, 5.41) is 3.37. The predicted octanol–water partition coefficient (Wildman–Crippen LogP) is 2.46. The van der Waals surface area contributed by atoms with Crippen LogP contribution in [0.1, 0.15) is 13.3 Å². The van der Waals surface area contributed by atoms with Gasteiger partial charge in [-0.2, -0.15) is 0 Å². The summed E-state index contributed by atoms with van der Waals surface area (Å²) in [7, 11) is -0.958. The van der Waals surface area contributed by atoms with Crippen molar-refractivity contribution in [2.75, 3.05) is 24.3 Å². The number of carbonyl (C=O) groups is 1. The maximum Gasteiger partial charge on any atom is 0.302 e. The number of halogens is 1. The molecule has 0 aromatic carbocycles. The third kappa shape index (κ3) is 20.5. The van der Waals surface area contributed by atoms with Gasteiger partial charge in [0.2, 0.25) is 0 Å². The minimum Gasteiger partial charge on any atom is -0.466 e. The maximum atomic E-state index is 10.4. The molecule has 0 heterocycles. The molecule has 1 N–H and O–H groups in total. The van der Waals surface area contributed by atoms with E-state index >= 15 is 0 Å². The van der Waals surface area contributed by atoms with Gasteiger partial charge in [-0.3, -0.25) is 4.79 Å². The Morgan fingerprint density at radius 1 is 1.33 bits per heavy atom. The standard InChI is InChI=1S/C9H21NO2Si.CH3I/c1-9(11)12-7-5-6-10-8-13(2,3)4;1-2/h10H,5-8H2,1-4H3;1H3. The normalized spacial score (nSPS) is 10.3. The summed E-state index contributed by atoms with van der Waals surface area (Å²) in [4.78, 5) is 12.4. The quantitative estimate of drug-likeness (QED) is 0.264. The smallest absolute Gasteiger partial charge is 0.302 e. The first-order valence-corrected chi connectivity index (χ1v) is 11.0. The molecule has 0 aliphatic heterocycles. The molecule has 0 rings (SSSR count). The van der Waals surface area contributed by atoms with E-state index < -0.39 is 8.07 Å². The van der Waals surface area contributed by atoms with Crippen LogP contribution in [0.4, 0.5) is 0 Å². The van der Waals surface area contributed by atoms with Crippen LogP contribution in [0.3, 0.4) is 0 Å². The van der Waals surface area contributed by atoms with Crippen molar-refractivity contribution in [3.63, 3.8) is 0 Å². The molecule has 0 saturated carbocycles. The van der Waals surface area contributed by atoms with Gasteiger partial charge < -0.3 is 10.1 Å². The molecular formula is C10H24INO2Si. The average Bonchev–Trinajstić information content (AvgIpc) is 2.12. The zero-order valence-electron chi connectivity index (χ0n) is 10.5. The van der Waals surface area contributed by atoms with Crippen molar-refractivity contribution in [3.05, 3.63) is 0 Å². The Morgan fingerprint density at radius 2 is 1.87 bits per heavy atom. The molecule has 0 aliphatic rings. The molecule has 0 fully saturated rings. The number of hydrogen-bond acceptors (Lipinski definition) is 3. The van der Waals surface area contributed by atoms with Crippen molar-refractivity contribution in [3.8, 4) is 0 Å². The first-order chi connectivity index (χ1) is 6.92. The number of alkyl halides is 1. The second kappa shape index (κ2) is 10.9. The van der Waals surface area contributed by atoms with Crippen LogP contribution < -0.4 is 5.32 Å². The average molecular weight is 345 g/mol. The minimum atomic E-state index is -0.958. The fraction of sp³-hybridized carbons (Fsp3) is 0.900. The summed E-state index contributed by atoms with van der Waals surface area (Å²) in [6.07, 6.45) is 2.04. The Morgan fingerprint density at radius 3 is 2.27 bits per heavy atom. The Hall–Kier alpha value is 0.377. The maximum absolute atomic E-state index is 10.4. The van der Waals surface area contributed by atoms with Crippen molar-refractivity contribution >= 4 is 36.6 Å². The molecule has 0 saturated heterocycles. The van der Waals surface area contributed by atoms with E-state index in [0.29, 0.717) is 6.61 Å². The van der Waals surface area contributed by atoms with E-state index in [1.165, 1.54) is 6.92 Å². The molecule has 3 nitrogen and oxygen atoms in total. The fourth-order valence-corrected chi connectivity index (χ4v) is 1.80. The van der Waals surface area contributed by atoms with Gasteiger partial charge in [0.1, 0.15) is 0 Å². The van der Waals surface area contributed by atoms with Crippen LogP contribution >= 0.6 is 22.6 Å². The molecule has 0 unspecified atom stereocenters. The Kier molecular flexibility index (Phi) is 12.9. The van der Waals surface area contributed by atoms with Crippen molar-refractivity contribution in [2.24, 2.45) is 0 Å². The van der Waals surface area contributed by atoms with Crippen LogP contribution in [0.25, 0.3) is 0 Å². The number of ether oxygens (including phenoxy) is 1. The molecule has 0 amide bonds. The van der Waals surface area contributed by atoms with Gasteiger partial charge >= 0.3 is 5.97 Å². The summed E-state index contributed by atoms with van der Waals surface area (Å²) in [5.74, 6) is -0.190.